The molecule has 0 radical (unpaired) electrons. The van der Waals surface area contributed by atoms with Gasteiger partial charge in [-0.2, -0.15) is 0 Å². The quantitative estimate of drug-likeness (QED) is 0.614. The molecule has 0 spiro atoms. The minimum absolute atomic E-state index is 0.0250. The highest BCUT2D eigenvalue weighted by molar-refractivity contribution is 5.89. The maximum Gasteiger partial charge on any atom is 0.226 e. The van der Waals surface area contributed by atoms with E-state index in [2.05, 4.69) is 32.0 Å². The number of carbonyl (C=O) groups excluding carboxylic acids is 2. The average Bonchev–Trinajstić information content (AvgIpc) is 3.47. The van der Waals surface area contributed by atoms with Crippen LogP contribution in [0.25, 0.3) is 11.3 Å². The highest BCUT2D eigenvalue weighted by Crippen LogP contribution is 2.58. The Morgan fingerprint density at radius 1 is 0.939 bits per heavy atom. The highest BCUT2D eigenvalue weighted by atomic mass is 16.2. The average molecular weight is 441 g/mol. The van der Waals surface area contributed by atoms with Crippen molar-refractivity contribution in [3.63, 3.8) is 0 Å². The van der Waals surface area contributed by atoms with Gasteiger partial charge in [-0.3, -0.25) is 14.6 Å². The fraction of sp³-hybridized carbons (Fsp3) is 0.407. The maximum absolute atomic E-state index is 13.7. The molecule has 33 heavy (non-hydrogen) atoms. The lowest BCUT2D eigenvalue weighted by molar-refractivity contribution is -0.149. The summed E-state index contributed by atoms with van der Waals surface area (Å²) >= 11 is 0. The molecule has 3 fully saturated rings. The first kappa shape index (κ1) is 20.3. The second kappa shape index (κ2) is 7.65. The van der Waals surface area contributed by atoms with Crippen LogP contribution < -0.4 is 5.32 Å². The first-order chi connectivity index (χ1) is 16.1. The molecule has 0 saturated heterocycles. The summed E-state index contributed by atoms with van der Waals surface area (Å²) in [5, 5.41) is 3.13. The van der Waals surface area contributed by atoms with Crippen LogP contribution in [0.4, 0.5) is 0 Å². The van der Waals surface area contributed by atoms with Crippen LogP contribution in [0.5, 0.6) is 0 Å². The number of ketones is 1. The summed E-state index contributed by atoms with van der Waals surface area (Å²) in [6.45, 7) is 0.507. The van der Waals surface area contributed by atoms with Gasteiger partial charge >= 0.3 is 0 Å². The molecular weight excluding hydrogens is 412 g/mol. The summed E-state index contributed by atoms with van der Waals surface area (Å²) in [4.78, 5) is 35.3. The second-order valence-electron chi connectivity index (χ2n) is 10.0. The molecule has 6 nitrogen and oxygen atoms in total. The summed E-state index contributed by atoms with van der Waals surface area (Å²) in [6.07, 6.45) is 12.6. The summed E-state index contributed by atoms with van der Waals surface area (Å²) in [5.74, 6) is 0.493. The Morgan fingerprint density at radius 3 is 2.45 bits per heavy atom. The highest BCUT2D eigenvalue weighted by Gasteiger charge is 2.55. The molecule has 2 bridgehead atoms. The number of imidazole rings is 1. The van der Waals surface area contributed by atoms with E-state index < -0.39 is 0 Å². The lowest BCUT2D eigenvalue weighted by Crippen LogP contribution is -2.52. The molecule has 2 aromatic heterocycles. The zero-order valence-electron chi connectivity index (χ0n) is 18.7. The molecule has 6 heteroatoms. The molecule has 1 aliphatic heterocycles. The molecule has 1 atom stereocenters. The number of nitrogens with one attached hydrogen (secondary N) is 1. The molecule has 1 N–H and O–H groups in total. The third-order valence-corrected chi connectivity index (χ3v) is 8.47. The number of benzene rings is 1. The third-order valence-electron chi connectivity index (χ3n) is 8.47. The van der Waals surface area contributed by atoms with Crippen molar-refractivity contribution in [2.45, 2.75) is 57.5 Å². The van der Waals surface area contributed by atoms with Crippen molar-refractivity contribution in [2.24, 2.45) is 10.8 Å². The molecule has 1 aromatic carbocycles. The number of pyridine rings is 1. The van der Waals surface area contributed by atoms with Crippen LogP contribution in [0.3, 0.4) is 0 Å². The number of nitrogens with zero attached hydrogens (tertiary/aromatic N) is 3. The SMILES string of the molecule is O=C(CC1c2ccccc2-c2cncn21)C12CCC(C(=O)NCc3cccnc3)(CC1)CC2. The van der Waals surface area contributed by atoms with E-state index in [1.807, 2.05) is 36.8 Å². The number of fused-ring (bicyclic) bond motifs is 6. The maximum atomic E-state index is 13.7. The van der Waals surface area contributed by atoms with Crippen molar-refractivity contribution in [3.05, 3.63) is 72.4 Å². The van der Waals surface area contributed by atoms with Crippen LogP contribution in [-0.4, -0.2) is 26.2 Å². The van der Waals surface area contributed by atoms with Gasteiger partial charge in [0.25, 0.3) is 0 Å². The molecule has 3 heterocycles. The van der Waals surface area contributed by atoms with Crippen LogP contribution >= 0.6 is 0 Å². The molecule has 3 saturated carbocycles. The Kier molecular flexibility index (Phi) is 4.71. The number of amides is 1. The lowest BCUT2D eigenvalue weighted by Gasteiger charge is -2.51. The first-order valence-electron chi connectivity index (χ1n) is 11.9. The zero-order chi connectivity index (χ0) is 22.5. The van der Waals surface area contributed by atoms with E-state index in [1.165, 1.54) is 11.1 Å². The Labute approximate surface area is 193 Å². The number of Topliss-reactive ketones (excluding diaryl/α,β-unsaturated/α-hetero) is 1. The fourth-order valence-electron chi connectivity index (χ4n) is 6.35. The molecule has 4 aliphatic rings. The number of hydrogen-bond acceptors (Lipinski definition) is 4. The van der Waals surface area contributed by atoms with E-state index in [-0.39, 0.29) is 22.8 Å². The van der Waals surface area contributed by atoms with Gasteiger partial charge in [0.1, 0.15) is 5.78 Å². The van der Waals surface area contributed by atoms with E-state index >= 15 is 0 Å². The standard InChI is InChI=1S/C27H28N4O2/c32-24(14-22-20-5-1-2-6-21(20)23-17-29-18-31(22)23)26-7-10-27(11-8-26,12-9-26)25(33)30-16-19-4-3-13-28-15-19/h1-6,13,15,17-18,22H,7-12,14,16H2,(H,30,33). The van der Waals surface area contributed by atoms with Crippen LogP contribution in [0, 0.1) is 10.8 Å². The monoisotopic (exact) mass is 440 g/mol. The van der Waals surface area contributed by atoms with Crippen molar-refractivity contribution in [1.82, 2.24) is 19.9 Å². The van der Waals surface area contributed by atoms with Crippen LogP contribution in [0.2, 0.25) is 0 Å². The van der Waals surface area contributed by atoms with Gasteiger partial charge in [0.05, 0.1) is 24.3 Å². The van der Waals surface area contributed by atoms with Gasteiger partial charge in [0.2, 0.25) is 5.91 Å². The van der Waals surface area contributed by atoms with E-state index in [1.54, 1.807) is 12.4 Å². The fourth-order valence-corrected chi connectivity index (χ4v) is 6.35. The minimum atomic E-state index is -0.318. The molecule has 3 aliphatic carbocycles. The first-order valence-corrected chi connectivity index (χ1v) is 11.9. The Balaban J connectivity index is 1.14. The van der Waals surface area contributed by atoms with Gasteiger partial charge in [-0.15, -0.1) is 0 Å². The van der Waals surface area contributed by atoms with Crippen molar-refractivity contribution >= 4 is 11.7 Å². The number of rotatable bonds is 6. The Morgan fingerprint density at radius 2 is 1.70 bits per heavy atom. The van der Waals surface area contributed by atoms with E-state index in [0.717, 1.165) is 49.8 Å². The van der Waals surface area contributed by atoms with Gasteiger partial charge in [-0.25, -0.2) is 4.98 Å². The zero-order valence-corrected chi connectivity index (χ0v) is 18.7. The Hall–Kier alpha value is -3.28. The van der Waals surface area contributed by atoms with Crippen LogP contribution in [0.1, 0.15) is 62.1 Å². The van der Waals surface area contributed by atoms with Crippen molar-refractivity contribution in [1.29, 1.82) is 0 Å². The molecule has 3 aromatic rings. The third kappa shape index (κ3) is 3.23. The molecule has 1 unspecified atom stereocenters. The predicted molar refractivity (Wildman–Crippen MR) is 124 cm³/mol. The number of carbonyl (C=O) groups is 2. The lowest BCUT2D eigenvalue weighted by atomic mass is 9.51. The van der Waals surface area contributed by atoms with E-state index in [0.29, 0.717) is 18.7 Å². The topological polar surface area (TPSA) is 76.9 Å². The summed E-state index contributed by atoms with van der Waals surface area (Å²) in [5.41, 5.74) is 3.91. The molecule has 7 rings (SSSR count). The Bertz CT molecular complexity index is 1190. The van der Waals surface area contributed by atoms with Gasteiger partial charge in [-0.05, 0) is 55.7 Å². The minimum Gasteiger partial charge on any atom is -0.351 e. The smallest absolute Gasteiger partial charge is 0.226 e. The molecule has 168 valence electrons. The van der Waals surface area contributed by atoms with Crippen molar-refractivity contribution < 1.29 is 9.59 Å². The van der Waals surface area contributed by atoms with Gasteiger partial charge < -0.3 is 9.88 Å². The van der Waals surface area contributed by atoms with Crippen molar-refractivity contribution in [2.75, 3.05) is 0 Å². The normalized spacial score (nSPS) is 27.1. The molecular formula is C27H28N4O2. The van der Waals surface area contributed by atoms with Gasteiger partial charge in [0.15, 0.2) is 0 Å². The number of hydrogen-bond donors (Lipinski definition) is 1. The van der Waals surface area contributed by atoms with Gasteiger partial charge in [0, 0.05) is 41.8 Å². The van der Waals surface area contributed by atoms with Crippen LogP contribution in [-0.2, 0) is 16.1 Å². The summed E-state index contributed by atoms with van der Waals surface area (Å²) in [7, 11) is 0. The van der Waals surface area contributed by atoms with Crippen molar-refractivity contribution in [3.8, 4) is 11.3 Å². The predicted octanol–water partition coefficient (Wildman–Crippen LogP) is 4.46. The second-order valence-corrected chi connectivity index (χ2v) is 10.0. The van der Waals surface area contributed by atoms with Crippen LogP contribution in [0.15, 0.2) is 61.3 Å². The summed E-state index contributed by atoms with van der Waals surface area (Å²) in [6, 6.07) is 12.2. The van der Waals surface area contributed by atoms with E-state index in [4.69, 9.17) is 0 Å². The van der Waals surface area contributed by atoms with Gasteiger partial charge in [-0.1, -0.05) is 30.3 Å². The largest absolute Gasteiger partial charge is 0.351 e. The number of aromatic nitrogens is 3. The molecule has 1 amide bonds. The summed E-state index contributed by atoms with van der Waals surface area (Å²) < 4.78 is 2.15. The van der Waals surface area contributed by atoms with E-state index in [9.17, 15) is 9.59 Å².